The van der Waals surface area contributed by atoms with Crippen molar-refractivity contribution in [2.24, 2.45) is 0 Å². The van der Waals surface area contributed by atoms with Crippen LogP contribution in [-0.4, -0.2) is 21.6 Å². The topological polar surface area (TPSA) is 55.4 Å². The molecular weight excluding hydrogens is 269 g/mol. The van der Waals surface area contributed by atoms with Crippen molar-refractivity contribution < 1.29 is 17.5 Å². The van der Waals surface area contributed by atoms with E-state index in [1.54, 1.807) is 12.1 Å². The van der Waals surface area contributed by atoms with Crippen LogP contribution in [0.25, 0.3) is 0 Å². The van der Waals surface area contributed by atoms with E-state index >= 15 is 0 Å². The van der Waals surface area contributed by atoms with E-state index in [1.807, 2.05) is 6.92 Å². The third kappa shape index (κ3) is 3.13. The van der Waals surface area contributed by atoms with Gasteiger partial charge in [0.1, 0.15) is 12.4 Å². The van der Waals surface area contributed by atoms with E-state index < -0.39 is 10.0 Å². The average molecular weight is 285 g/mol. The van der Waals surface area contributed by atoms with Gasteiger partial charge >= 0.3 is 0 Å². The molecule has 1 aromatic rings. The van der Waals surface area contributed by atoms with Crippen LogP contribution in [0.2, 0.25) is 0 Å². The summed E-state index contributed by atoms with van der Waals surface area (Å²) in [7, 11) is -3.38. The number of rotatable bonds is 4. The molecule has 104 valence electrons. The summed E-state index contributed by atoms with van der Waals surface area (Å²) in [5.74, 6) is 0.559. The Bertz CT molecular complexity index is 596. The molecule has 0 fully saturated rings. The highest BCUT2D eigenvalue weighted by Crippen LogP contribution is 2.25. The van der Waals surface area contributed by atoms with Gasteiger partial charge in [-0.15, -0.1) is 0 Å². The lowest BCUT2D eigenvalue weighted by Crippen LogP contribution is -2.31. The summed E-state index contributed by atoms with van der Waals surface area (Å²) in [6, 6.07) is 4.82. The monoisotopic (exact) mass is 285 g/mol. The molecule has 0 spiro atoms. The van der Waals surface area contributed by atoms with Crippen LogP contribution in [0.3, 0.4) is 0 Å². The van der Waals surface area contributed by atoms with Crippen LogP contribution < -0.4 is 9.46 Å². The zero-order valence-electron chi connectivity index (χ0n) is 10.6. The number of nitrogens with one attached hydrogen (secondary N) is 1. The molecule has 4 nitrogen and oxygen atoms in total. The predicted molar refractivity (Wildman–Crippen MR) is 70.3 cm³/mol. The Kier molecular flexibility index (Phi) is 4.21. The van der Waals surface area contributed by atoms with Gasteiger partial charge in [0, 0.05) is 6.54 Å². The number of hydrogen-bond donors (Lipinski definition) is 1. The SMILES string of the molecule is CC/C(=C/F)COc1ccc2c(c1)CCNS2(=O)=O. The average Bonchev–Trinajstić information content (AvgIpc) is 2.39. The van der Waals surface area contributed by atoms with Gasteiger partial charge in [-0.2, -0.15) is 0 Å². The van der Waals surface area contributed by atoms with Crippen LogP contribution in [0.5, 0.6) is 5.75 Å². The summed E-state index contributed by atoms with van der Waals surface area (Å²) in [4.78, 5) is 0.294. The van der Waals surface area contributed by atoms with E-state index in [9.17, 15) is 12.8 Å². The molecule has 2 rings (SSSR count). The fraction of sp³-hybridized carbons (Fsp3) is 0.385. The van der Waals surface area contributed by atoms with Crippen molar-refractivity contribution in [3.05, 3.63) is 35.7 Å². The van der Waals surface area contributed by atoms with E-state index in [0.29, 0.717) is 41.9 Å². The Morgan fingerprint density at radius 2 is 2.32 bits per heavy atom. The van der Waals surface area contributed by atoms with Gasteiger partial charge in [-0.05, 0) is 42.2 Å². The van der Waals surface area contributed by atoms with Crippen molar-refractivity contribution in [2.75, 3.05) is 13.2 Å². The lowest BCUT2D eigenvalue weighted by Gasteiger charge is -2.18. The zero-order valence-corrected chi connectivity index (χ0v) is 11.5. The fourth-order valence-corrected chi connectivity index (χ4v) is 3.17. The molecule has 0 bridgehead atoms. The zero-order chi connectivity index (χ0) is 13.9. The Balaban J connectivity index is 2.18. The molecule has 0 aliphatic carbocycles. The highest BCUT2D eigenvalue weighted by molar-refractivity contribution is 7.89. The maximum atomic E-state index is 12.4. The van der Waals surface area contributed by atoms with Crippen molar-refractivity contribution in [3.63, 3.8) is 0 Å². The maximum Gasteiger partial charge on any atom is 0.240 e. The summed E-state index contributed by atoms with van der Waals surface area (Å²) >= 11 is 0. The Labute approximate surface area is 112 Å². The number of ether oxygens (including phenoxy) is 1. The van der Waals surface area contributed by atoms with E-state index in [4.69, 9.17) is 4.74 Å². The second-order valence-electron chi connectivity index (χ2n) is 4.33. The summed E-state index contributed by atoms with van der Waals surface area (Å²) in [6.45, 7) is 2.42. The molecule has 0 radical (unpaired) electrons. The molecule has 0 saturated carbocycles. The van der Waals surface area contributed by atoms with Crippen molar-refractivity contribution in [3.8, 4) is 5.75 Å². The molecule has 19 heavy (non-hydrogen) atoms. The molecule has 0 unspecified atom stereocenters. The highest BCUT2D eigenvalue weighted by atomic mass is 32.2. The molecule has 0 amide bonds. The van der Waals surface area contributed by atoms with Crippen LogP contribution in [0, 0.1) is 0 Å². The van der Waals surface area contributed by atoms with Crippen molar-refractivity contribution in [2.45, 2.75) is 24.7 Å². The summed E-state index contributed by atoms with van der Waals surface area (Å²) < 4.78 is 43.8. The standard InChI is InChI=1S/C13H16FNO3S/c1-2-10(8-14)9-18-12-3-4-13-11(7-12)5-6-15-19(13,16)17/h3-4,7-8,15H,2,5-6,9H2,1H3/b10-8-. The third-order valence-corrected chi connectivity index (χ3v) is 4.60. The number of fused-ring (bicyclic) bond motifs is 1. The van der Waals surface area contributed by atoms with Gasteiger partial charge in [0.25, 0.3) is 0 Å². The lowest BCUT2D eigenvalue weighted by atomic mass is 10.1. The fourth-order valence-electron chi connectivity index (χ4n) is 1.89. The van der Waals surface area contributed by atoms with Gasteiger partial charge in [-0.3, -0.25) is 0 Å². The van der Waals surface area contributed by atoms with Gasteiger partial charge in [-0.25, -0.2) is 17.5 Å². The molecule has 0 saturated heterocycles. The Morgan fingerprint density at radius 3 is 3.00 bits per heavy atom. The molecule has 1 aromatic carbocycles. The second-order valence-corrected chi connectivity index (χ2v) is 6.06. The number of halogens is 1. The van der Waals surface area contributed by atoms with Crippen molar-refractivity contribution >= 4 is 10.0 Å². The molecule has 1 aliphatic heterocycles. The van der Waals surface area contributed by atoms with Crippen LogP contribution in [-0.2, 0) is 16.4 Å². The number of hydrogen-bond acceptors (Lipinski definition) is 3. The summed E-state index contributed by atoms with van der Waals surface area (Å²) in [5.41, 5.74) is 1.30. The minimum atomic E-state index is -3.38. The maximum absolute atomic E-state index is 12.4. The molecule has 1 aliphatic rings. The number of benzene rings is 1. The van der Waals surface area contributed by atoms with Crippen LogP contribution in [0.1, 0.15) is 18.9 Å². The van der Waals surface area contributed by atoms with Gasteiger partial charge in [0.2, 0.25) is 10.0 Å². The van der Waals surface area contributed by atoms with Crippen LogP contribution in [0.15, 0.2) is 35.0 Å². The van der Waals surface area contributed by atoms with Gasteiger partial charge in [-0.1, -0.05) is 6.92 Å². The van der Waals surface area contributed by atoms with E-state index in [2.05, 4.69) is 4.72 Å². The van der Waals surface area contributed by atoms with E-state index in [0.717, 1.165) is 5.56 Å². The molecular formula is C13H16FNO3S. The molecule has 1 heterocycles. The Hall–Kier alpha value is -1.40. The van der Waals surface area contributed by atoms with Gasteiger partial charge in [0.15, 0.2) is 0 Å². The molecule has 0 aromatic heterocycles. The quantitative estimate of drug-likeness (QED) is 0.922. The summed E-state index contributed by atoms with van der Waals surface area (Å²) in [5, 5.41) is 0. The smallest absolute Gasteiger partial charge is 0.240 e. The number of sulfonamides is 1. The minimum absolute atomic E-state index is 0.177. The van der Waals surface area contributed by atoms with Crippen molar-refractivity contribution in [1.82, 2.24) is 4.72 Å². The van der Waals surface area contributed by atoms with Gasteiger partial charge in [0.05, 0.1) is 11.2 Å². The first-order valence-electron chi connectivity index (χ1n) is 6.10. The van der Waals surface area contributed by atoms with E-state index in [1.165, 1.54) is 6.07 Å². The van der Waals surface area contributed by atoms with Crippen LogP contribution >= 0.6 is 0 Å². The first kappa shape index (κ1) is 14.0. The Morgan fingerprint density at radius 1 is 1.53 bits per heavy atom. The van der Waals surface area contributed by atoms with Crippen molar-refractivity contribution in [1.29, 1.82) is 0 Å². The third-order valence-electron chi connectivity index (χ3n) is 3.04. The predicted octanol–water partition coefficient (Wildman–Crippen LogP) is 2.16. The molecule has 1 N–H and O–H groups in total. The minimum Gasteiger partial charge on any atom is -0.489 e. The first-order valence-corrected chi connectivity index (χ1v) is 7.58. The first-order chi connectivity index (χ1) is 9.06. The second kappa shape index (κ2) is 5.71. The van der Waals surface area contributed by atoms with Crippen LogP contribution in [0.4, 0.5) is 4.39 Å². The van der Waals surface area contributed by atoms with E-state index in [-0.39, 0.29) is 6.61 Å². The highest BCUT2D eigenvalue weighted by Gasteiger charge is 2.22. The normalized spacial score (nSPS) is 17.9. The molecule has 6 heteroatoms. The molecule has 0 atom stereocenters. The summed E-state index contributed by atoms with van der Waals surface area (Å²) in [6.07, 6.45) is 1.76. The largest absolute Gasteiger partial charge is 0.489 e. The lowest BCUT2D eigenvalue weighted by molar-refractivity contribution is 0.345. The van der Waals surface area contributed by atoms with Gasteiger partial charge < -0.3 is 4.74 Å².